The van der Waals surface area contributed by atoms with Gasteiger partial charge >= 0.3 is 0 Å². The van der Waals surface area contributed by atoms with Crippen molar-refractivity contribution in [1.29, 1.82) is 0 Å². The van der Waals surface area contributed by atoms with Gasteiger partial charge in [0.25, 0.3) is 0 Å². The molecule has 1 rings (SSSR count). The highest BCUT2D eigenvalue weighted by atomic mass is 127. The number of hydrogen-bond acceptors (Lipinski definition) is 4. The molecule has 1 fully saturated rings. The Balaban J connectivity index is 0.00000441. The Bertz CT molecular complexity index is 317. The zero-order chi connectivity index (χ0) is 15.6. The number of aliphatic imine (C=N–C) groups is 1. The predicted octanol–water partition coefficient (Wildman–Crippen LogP) is 2.45. The Morgan fingerprint density at radius 3 is 2.68 bits per heavy atom. The average Bonchev–Trinajstić information content (AvgIpc) is 2.44. The Hall–Kier alpha value is 0.270. The van der Waals surface area contributed by atoms with Crippen LogP contribution in [0.5, 0.6) is 0 Å². The monoisotopic (exact) mass is 445 g/mol. The zero-order valence-electron chi connectivity index (χ0n) is 14.4. The summed E-state index contributed by atoms with van der Waals surface area (Å²) in [4.78, 5) is 6.78. The van der Waals surface area contributed by atoms with E-state index in [1.54, 1.807) is 7.11 Å². The smallest absolute Gasteiger partial charge is 0.193 e. The minimum atomic E-state index is 0. The summed E-state index contributed by atoms with van der Waals surface area (Å²) in [5.74, 6) is 2.20. The van der Waals surface area contributed by atoms with Gasteiger partial charge in [-0.2, -0.15) is 11.8 Å². The van der Waals surface area contributed by atoms with Crippen molar-refractivity contribution < 1.29 is 9.47 Å². The van der Waals surface area contributed by atoms with E-state index >= 15 is 0 Å². The van der Waals surface area contributed by atoms with Crippen LogP contribution in [-0.2, 0) is 9.47 Å². The van der Waals surface area contributed by atoms with Gasteiger partial charge < -0.3 is 19.7 Å². The largest absolute Gasteiger partial charge is 0.382 e. The van der Waals surface area contributed by atoms with E-state index in [0.29, 0.717) is 18.0 Å². The van der Waals surface area contributed by atoms with E-state index in [2.05, 4.69) is 29.1 Å². The molecule has 5 nitrogen and oxygen atoms in total. The summed E-state index contributed by atoms with van der Waals surface area (Å²) < 4.78 is 10.7. The lowest BCUT2D eigenvalue weighted by Crippen LogP contribution is -2.51. The van der Waals surface area contributed by atoms with Crippen LogP contribution in [0.15, 0.2) is 4.99 Å². The molecule has 1 aliphatic heterocycles. The number of unbranched alkanes of at least 4 members (excludes halogenated alkanes) is 1. The highest BCUT2D eigenvalue weighted by molar-refractivity contribution is 14.0. The minimum Gasteiger partial charge on any atom is -0.382 e. The molecule has 22 heavy (non-hydrogen) atoms. The number of thioether (sulfide) groups is 1. The van der Waals surface area contributed by atoms with E-state index in [1.165, 1.54) is 5.75 Å². The molecule has 132 valence electrons. The molecule has 0 bridgehead atoms. The second-order valence-electron chi connectivity index (χ2n) is 5.82. The molecule has 0 atom stereocenters. The fourth-order valence-corrected chi connectivity index (χ4v) is 3.41. The highest BCUT2D eigenvalue weighted by Crippen LogP contribution is 2.29. The third-order valence-corrected chi connectivity index (χ3v) is 4.66. The highest BCUT2D eigenvalue weighted by Gasteiger charge is 2.28. The van der Waals surface area contributed by atoms with Crippen molar-refractivity contribution in [3.8, 4) is 0 Å². The Morgan fingerprint density at radius 2 is 2.05 bits per heavy atom. The predicted molar refractivity (Wildman–Crippen MR) is 107 cm³/mol. The van der Waals surface area contributed by atoms with Gasteiger partial charge in [-0.15, -0.1) is 24.0 Å². The second-order valence-corrected chi connectivity index (χ2v) is 7.62. The van der Waals surface area contributed by atoms with Gasteiger partial charge in [0.15, 0.2) is 5.96 Å². The van der Waals surface area contributed by atoms with Crippen molar-refractivity contribution in [1.82, 2.24) is 10.2 Å². The van der Waals surface area contributed by atoms with Gasteiger partial charge in [-0.3, -0.25) is 4.99 Å². The first-order chi connectivity index (χ1) is 10.1. The molecule has 0 saturated carbocycles. The second kappa shape index (κ2) is 12.7. The lowest BCUT2D eigenvalue weighted by atomic mass is 10.2. The number of nitrogens with zero attached hydrogens (tertiary/aromatic N) is 2. The summed E-state index contributed by atoms with van der Waals surface area (Å²) in [6, 6.07) is 0. The molecule has 0 aliphatic carbocycles. The van der Waals surface area contributed by atoms with Crippen LogP contribution >= 0.6 is 35.7 Å². The first-order valence-electron chi connectivity index (χ1n) is 7.75. The van der Waals surface area contributed by atoms with Crippen molar-refractivity contribution in [3.05, 3.63) is 0 Å². The fraction of sp³-hybridized carbons (Fsp3) is 0.933. The van der Waals surface area contributed by atoms with Crippen molar-refractivity contribution in [2.75, 3.05) is 59.4 Å². The van der Waals surface area contributed by atoms with Gasteiger partial charge in [-0.1, -0.05) is 0 Å². The first-order valence-corrected chi connectivity index (χ1v) is 8.74. The maximum Gasteiger partial charge on any atom is 0.193 e. The van der Waals surface area contributed by atoms with Crippen LogP contribution in [0.1, 0.15) is 26.7 Å². The van der Waals surface area contributed by atoms with Gasteiger partial charge in [0.1, 0.15) is 0 Å². The van der Waals surface area contributed by atoms with E-state index in [4.69, 9.17) is 9.47 Å². The Kier molecular flexibility index (Phi) is 12.8. The summed E-state index contributed by atoms with van der Waals surface area (Å²) in [7, 11) is 3.56. The van der Waals surface area contributed by atoms with Crippen molar-refractivity contribution in [3.63, 3.8) is 0 Å². The topological polar surface area (TPSA) is 46.1 Å². The van der Waals surface area contributed by atoms with Crippen molar-refractivity contribution >= 4 is 41.7 Å². The van der Waals surface area contributed by atoms with Gasteiger partial charge in [-0.05, 0) is 26.7 Å². The van der Waals surface area contributed by atoms with E-state index in [-0.39, 0.29) is 24.0 Å². The van der Waals surface area contributed by atoms with E-state index in [1.807, 2.05) is 18.8 Å². The van der Waals surface area contributed by atoms with Crippen LogP contribution < -0.4 is 5.32 Å². The summed E-state index contributed by atoms with van der Waals surface area (Å²) in [5.41, 5.74) is 0. The molecule has 0 spiro atoms. The molecule has 1 saturated heterocycles. The molecular weight excluding hydrogens is 413 g/mol. The first kappa shape index (κ1) is 22.3. The summed E-state index contributed by atoms with van der Waals surface area (Å²) in [6.07, 6.45) is 2.16. The molecular formula is C15H32IN3O2S. The average molecular weight is 445 g/mol. The number of guanidine groups is 1. The normalized spacial score (nSPS) is 18.0. The van der Waals surface area contributed by atoms with Gasteiger partial charge in [0.2, 0.25) is 0 Å². The van der Waals surface area contributed by atoms with E-state index < -0.39 is 0 Å². The molecule has 1 N–H and O–H groups in total. The van der Waals surface area contributed by atoms with Crippen LogP contribution in [0, 0.1) is 0 Å². The molecule has 0 amide bonds. The van der Waals surface area contributed by atoms with Crippen molar-refractivity contribution in [2.45, 2.75) is 31.4 Å². The van der Waals surface area contributed by atoms with E-state index in [9.17, 15) is 0 Å². The lowest BCUT2D eigenvalue weighted by Gasteiger charge is -2.39. The minimum absolute atomic E-state index is 0. The molecule has 0 aromatic heterocycles. The summed E-state index contributed by atoms with van der Waals surface area (Å²) in [5, 5.41) is 3.47. The van der Waals surface area contributed by atoms with Crippen molar-refractivity contribution in [2.24, 2.45) is 4.99 Å². The molecule has 0 radical (unpaired) electrons. The van der Waals surface area contributed by atoms with Crippen LogP contribution in [-0.4, -0.2) is 75.0 Å². The molecule has 1 aliphatic rings. The Morgan fingerprint density at radius 1 is 1.27 bits per heavy atom. The maximum atomic E-state index is 5.45. The number of halogens is 1. The molecule has 0 aromatic rings. The fourth-order valence-electron chi connectivity index (χ4n) is 2.30. The number of methoxy groups -OCH3 is 1. The zero-order valence-corrected chi connectivity index (χ0v) is 17.5. The van der Waals surface area contributed by atoms with Crippen LogP contribution in [0.2, 0.25) is 0 Å². The van der Waals surface area contributed by atoms with Gasteiger partial charge in [-0.25, -0.2) is 0 Å². The lowest BCUT2D eigenvalue weighted by molar-refractivity contribution is 0.0689. The molecule has 7 heteroatoms. The number of nitrogens with one attached hydrogen (secondary N) is 1. The van der Waals surface area contributed by atoms with Crippen LogP contribution in [0.4, 0.5) is 0 Å². The maximum absolute atomic E-state index is 5.45. The number of ether oxygens (including phenoxy) is 2. The standard InChI is InChI=1S/C15H31N3O2S.HI/c1-15(2)13-18(8-12-21-15)14(16-3)17-7-5-6-9-20-11-10-19-4;/h5-13H2,1-4H3,(H,16,17);1H. The van der Waals surface area contributed by atoms with Crippen LogP contribution in [0.25, 0.3) is 0 Å². The SMILES string of the molecule is CN=C(NCCCCOCCOC)N1CCSC(C)(C)C1.I. The third-order valence-electron chi connectivity index (χ3n) is 3.37. The summed E-state index contributed by atoms with van der Waals surface area (Å²) in [6.45, 7) is 9.84. The number of hydrogen-bond donors (Lipinski definition) is 1. The van der Waals surface area contributed by atoms with Gasteiger partial charge in [0.05, 0.1) is 13.2 Å². The van der Waals surface area contributed by atoms with Crippen LogP contribution in [0.3, 0.4) is 0 Å². The van der Waals surface area contributed by atoms with E-state index in [0.717, 1.165) is 45.0 Å². The molecule has 0 unspecified atom stereocenters. The third kappa shape index (κ3) is 9.42. The quantitative estimate of drug-likeness (QED) is 0.269. The molecule has 1 heterocycles. The molecule has 0 aromatic carbocycles. The number of rotatable bonds is 8. The van der Waals surface area contributed by atoms with Gasteiger partial charge in [0, 0.05) is 50.9 Å². The summed E-state index contributed by atoms with van der Waals surface area (Å²) >= 11 is 2.04. The Labute approximate surface area is 157 Å².